The van der Waals surface area contributed by atoms with Crippen LogP contribution >= 0.6 is 0 Å². The van der Waals surface area contributed by atoms with Crippen molar-refractivity contribution in [2.45, 2.75) is 32.4 Å². The molecule has 0 bridgehead atoms. The zero-order valence-corrected chi connectivity index (χ0v) is 13.3. The minimum absolute atomic E-state index is 0.461. The molecule has 0 amide bonds. The zero-order chi connectivity index (χ0) is 15.9. The highest BCUT2D eigenvalue weighted by atomic mass is 15.3. The van der Waals surface area contributed by atoms with Gasteiger partial charge in [-0.25, -0.2) is 14.7 Å². The summed E-state index contributed by atoms with van der Waals surface area (Å²) in [6.07, 6.45) is 9.78. The predicted molar refractivity (Wildman–Crippen MR) is 91.5 cm³/mol. The van der Waals surface area contributed by atoms with Crippen molar-refractivity contribution < 1.29 is 0 Å². The van der Waals surface area contributed by atoms with Crippen molar-refractivity contribution in [3.8, 4) is 5.69 Å². The Morgan fingerprint density at radius 2 is 2.04 bits per heavy atom. The Bertz CT molecular complexity index is 649. The van der Waals surface area contributed by atoms with Crippen LogP contribution in [0.4, 0.5) is 0 Å². The minimum Gasteiger partial charge on any atom is -0.357 e. The number of nitrogens with zero attached hydrogens (tertiary/aromatic N) is 4. The summed E-state index contributed by atoms with van der Waals surface area (Å²) in [5.74, 6) is 0.876. The number of aromatic nitrogens is 3. The average molecular weight is 310 g/mol. The molecular weight excluding hydrogens is 288 g/mol. The van der Waals surface area contributed by atoms with Crippen LogP contribution in [0.3, 0.4) is 0 Å². The fraction of sp³-hybridized carbons (Fsp3) is 0.353. The molecule has 2 N–H and O–H groups in total. The van der Waals surface area contributed by atoms with Gasteiger partial charge in [0.15, 0.2) is 5.96 Å². The van der Waals surface area contributed by atoms with E-state index in [1.54, 1.807) is 11.0 Å². The lowest BCUT2D eigenvalue weighted by molar-refractivity contribution is 0.633. The Kier molecular flexibility index (Phi) is 5.03. The van der Waals surface area contributed by atoms with Crippen molar-refractivity contribution in [1.29, 1.82) is 0 Å². The maximum Gasteiger partial charge on any atom is 0.191 e. The van der Waals surface area contributed by atoms with Gasteiger partial charge in [-0.15, -0.1) is 0 Å². The lowest BCUT2D eigenvalue weighted by Crippen LogP contribution is -2.42. The summed E-state index contributed by atoms with van der Waals surface area (Å²) in [5.41, 5.74) is 2.16. The van der Waals surface area contributed by atoms with Gasteiger partial charge in [0.2, 0.25) is 0 Å². The van der Waals surface area contributed by atoms with Crippen LogP contribution in [0.2, 0.25) is 0 Å². The number of rotatable bonds is 5. The van der Waals surface area contributed by atoms with E-state index in [4.69, 9.17) is 0 Å². The maximum atomic E-state index is 4.67. The van der Waals surface area contributed by atoms with Gasteiger partial charge in [0.05, 0.1) is 12.2 Å². The van der Waals surface area contributed by atoms with Gasteiger partial charge in [-0.2, -0.15) is 5.10 Å². The number of nitrogens with one attached hydrogen (secondary N) is 2. The molecule has 0 saturated carbocycles. The van der Waals surface area contributed by atoms with Crippen molar-refractivity contribution in [2.75, 3.05) is 6.54 Å². The first-order valence-electron chi connectivity index (χ1n) is 7.99. The molecule has 6 heteroatoms. The molecule has 0 spiro atoms. The first-order chi connectivity index (χ1) is 11.3. The molecule has 0 atom stereocenters. The number of guanidine groups is 1. The van der Waals surface area contributed by atoms with Crippen LogP contribution in [-0.4, -0.2) is 33.3 Å². The molecule has 1 aromatic carbocycles. The molecule has 0 saturated heterocycles. The van der Waals surface area contributed by atoms with E-state index in [1.165, 1.54) is 6.33 Å². The average Bonchev–Trinajstić information content (AvgIpc) is 3.27. The summed E-state index contributed by atoms with van der Waals surface area (Å²) in [6, 6.07) is 8.66. The Morgan fingerprint density at radius 3 is 2.70 bits per heavy atom. The van der Waals surface area contributed by atoms with Gasteiger partial charge in [-0.1, -0.05) is 24.3 Å². The van der Waals surface area contributed by atoms with Crippen LogP contribution in [-0.2, 0) is 6.54 Å². The van der Waals surface area contributed by atoms with Crippen LogP contribution in [0, 0.1) is 0 Å². The Morgan fingerprint density at radius 1 is 1.26 bits per heavy atom. The second kappa shape index (κ2) is 7.58. The fourth-order valence-corrected chi connectivity index (χ4v) is 2.51. The van der Waals surface area contributed by atoms with E-state index in [1.807, 2.05) is 12.1 Å². The van der Waals surface area contributed by atoms with E-state index in [-0.39, 0.29) is 0 Å². The summed E-state index contributed by atoms with van der Waals surface area (Å²) >= 11 is 0. The third-order valence-electron chi connectivity index (χ3n) is 3.73. The SMILES string of the molecule is CCNC(=NCc1ccc(-n2cncn2)cc1)NC1CC=CC1. The second-order valence-electron chi connectivity index (χ2n) is 5.49. The summed E-state index contributed by atoms with van der Waals surface area (Å²) < 4.78 is 1.74. The monoisotopic (exact) mass is 310 g/mol. The topological polar surface area (TPSA) is 67.1 Å². The molecule has 0 fully saturated rings. The quantitative estimate of drug-likeness (QED) is 0.504. The van der Waals surface area contributed by atoms with Crippen LogP contribution in [0.25, 0.3) is 5.69 Å². The molecule has 1 aliphatic carbocycles. The Balaban J connectivity index is 1.62. The lowest BCUT2D eigenvalue weighted by atomic mass is 10.2. The number of aliphatic imine (C=N–C) groups is 1. The zero-order valence-electron chi connectivity index (χ0n) is 13.3. The Labute approximate surface area is 136 Å². The van der Waals surface area contributed by atoms with Gasteiger partial charge < -0.3 is 10.6 Å². The molecule has 1 aromatic heterocycles. The maximum absolute atomic E-state index is 4.67. The van der Waals surface area contributed by atoms with Crippen molar-refractivity contribution in [2.24, 2.45) is 4.99 Å². The number of hydrogen-bond acceptors (Lipinski definition) is 3. The first-order valence-corrected chi connectivity index (χ1v) is 7.99. The molecule has 0 aliphatic heterocycles. The highest BCUT2D eigenvalue weighted by Crippen LogP contribution is 2.10. The van der Waals surface area contributed by atoms with E-state index in [9.17, 15) is 0 Å². The molecule has 1 heterocycles. The Hall–Kier alpha value is -2.63. The normalized spacial score (nSPS) is 15.1. The minimum atomic E-state index is 0.461. The van der Waals surface area contributed by atoms with Crippen LogP contribution in [0.1, 0.15) is 25.3 Å². The van der Waals surface area contributed by atoms with Crippen LogP contribution in [0.5, 0.6) is 0 Å². The van der Waals surface area contributed by atoms with Gasteiger partial charge in [-0.3, -0.25) is 0 Å². The van der Waals surface area contributed by atoms with Crippen LogP contribution < -0.4 is 10.6 Å². The highest BCUT2D eigenvalue weighted by Gasteiger charge is 2.11. The van der Waals surface area contributed by atoms with Gasteiger partial charge in [0.1, 0.15) is 12.7 Å². The molecular formula is C17H22N6. The van der Waals surface area contributed by atoms with E-state index >= 15 is 0 Å². The molecule has 1 aliphatic rings. The van der Waals surface area contributed by atoms with Gasteiger partial charge in [0.25, 0.3) is 0 Å². The smallest absolute Gasteiger partial charge is 0.191 e. The first kappa shape index (κ1) is 15.3. The van der Waals surface area contributed by atoms with E-state index < -0.39 is 0 Å². The van der Waals surface area contributed by atoms with E-state index in [0.717, 1.165) is 36.6 Å². The van der Waals surface area contributed by atoms with Crippen molar-refractivity contribution >= 4 is 5.96 Å². The highest BCUT2D eigenvalue weighted by molar-refractivity contribution is 5.80. The summed E-state index contributed by atoms with van der Waals surface area (Å²) in [4.78, 5) is 8.63. The lowest BCUT2D eigenvalue weighted by Gasteiger charge is -2.16. The molecule has 2 aromatic rings. The van der Waals surface area contributed by atoms with Gasteiger partial charge in [-0.05, 0) is 37.5 Å². The van der Waals surface area contributed by atoms with Crippen molar-refractivity contribution in [3.63, 3.8) is 0 Å². The van der Waals surface area contributed by atoms with Gasteiger partial charge in [0, 0.05) is 12.6 Å². The fourth-order valence-electron chi connectivity index (χ4n) is 2.51. The van der Waals surface area contributed by atoms with Crippen LogP contribution in [0.15, 0.2) is 54.1 Å². The largest absolute Gasteiger partial charge is 0.357 e. The predicted octanol–water partition coefficient (Wildman–Crippen LogP) is 2.04. The molecule has 6 nitrogen and oxygen atoms in total. The van der Waals surface area contributed by atoms with Crippen molar-refractivity contribution in [3.05, 3.63) is 54.6 Å². The summed E-state index contributed by atoms with van der Waals surface area (Å²) in [6.45, 7) is 3.58. The van der Waals surface area contributed by atoms with Gasteiger partial charge >= 0.3 is 0 Å². The van der Waals surface area contributed by atoms with E-state index in [0.29, 0.717) is 12.6 Å². The third-order valence-corrected chi connectivity index (χ3v) is 3.73. The second-order valence-corrected chi connectivity index (χ2v) is 5.49. The molecule has 3 rings (SSSR count). The third kappa shape index (κ3) is 4.18. The molecule has 120 valence electrons. The summed E-state index contributed by atoms with van der Waals surface area (Å²) in [5, 5.41) is 10.9. The van der Waals surface area contributed by atoms with Crippen molar-refractivity contribution in [1.82, 2.24) is 25.4 Å². The molecule has 23 heavy (non-hydrogen) atoms. The van der Waals surface area contributed by atoms with E-state index in [2.05, 4.69) is 56.9 Å². The summed E-state index contributed by atoms with van der Waals surface area (Å²) in [7, 11) is 0. The number of hydrogen-bond donors (Lipinski definition) is 2. The molecule has 0 unspecified atom stereocenters. The molecule has 0 radical (unpaired) electrons. The standard InChI is InChI=1S/C17H22N6/c1-2-19-17(22-15-5-3-4-6-15)20-11-14-7-9-16(10-8-14)23-13-18-12-21-23/h3-4,7-10,12-13,15H,2,5-6,11H2,1H3,(H2,19,20,22). The number of benzene rings is 1.